The van der Waals surface area contributed by atoms with Crippen LogP contribution in [0.2, 0.25) is 0 Å². The molecule has 0 atom stereocenters. The fourth-order valence-corrected chi connectivity index (χ4v) is 4.26. The normalized spacial score (nSPS) is 19.0. The third-order valence-electron chi connectivity index (χ3n) is 6.05. The van der Waals surface area contributed by atoms with Crippen LogP contribution >= 0.6 is 24.0 Å². The molecule has 0 unspecified atom stereocenters. The molecule has 0 saturated carbocycles. The Morgan fingerprint density at radius 3 is 2.32 bits per heavy atom. The van der Waals surface area contributed by atoms with E-state index in [1.165, 1.54) is 5.56 Å². The number of rotatable bonds is 7. The summed E-state index contributed by atoms with van der Waals surface area (Å²) in [4.78, 5) is 23.7. The number of esters is 1. The molecule has 2 aliphatic rings. The molecule has 2 fully saturated rings. The molecule has 2 heterocycles. The van der Waals surface area contributed by atoms with Gasteiger partial charge in [-0.05, 0) is 25.3 Å². The Labute approximate surface area is 204 Å². The average Bonchev–Trinajstić information content (AvgIpc) is 2.79. The van der Waals surface area contributed by atoms with Gasteiger partial charge in [-0.3, -0.25) is 19.6 Å². The van der Waals surface area contributed by atoms with Crippen molar-refractivity contribution in [3.63, 3.8) is 0 Å². The molecular formula is C23H38IN5O2. The second-order valence-corrected chi connectivity index (χ2v) is 8.09. The van der Waals surface area contributed by atoms with Gasteiger partial charge in [-0.1, -0.05) is 30.3 Å². The largest absolute Gasteiger partial charge is 0.466 e. The van der Waals surface area contributed by atoms with Gasteiger partial charge in [0.1, 0.15) is 0 Å². The standard InChI is InChI=1S/C23H37N5O2.HI/c1-3-30-22(29)21-9-12-28(13-10-21)23(24-2)25-11-14-26-15-17-27(18-16-26)19-20-7-5-4-6-8-20;/h4-8,21H,3,9-19H2,1-2H3,(H,24,25);1H. The minimum Gasteiger partial charge on any atom is -0.466 e. The van der Waals surface area contributed by atoms with Crippen LogP contribution in [0.3, 0.4) is 0 Å². The number of carbonyl (C=O) groups excluding carboxylic acids is 1. The maximum atomic E-state index is 11.9. The second kappa shape index (κ2) is 13.9. The number of nitrogens with one attached hydrogen (secondary N) is 1. The smallest absolute Gasteiger partial charge is 0.309 e. The number of guanidine groups is 1. The molecule has 2 saturated heterocycles. The van der Waals surface area contributed by atoms with Crippen LogP contribution in [0.1, 0.15) is 25.3 Å². The van der Waals surface area contributed by atoms with Crippen molar-refractivity contribution < 1.29 is 9.53 Å². The molecule has 3 rings (SSSR count). The summed E-state index contributed by atoms with van der Waals surface area (Å²) in [6.07, 6.45) is 1.67. The number of ether oxygens (including phenoxy) is 1. The van der Waals surface area contributed by atoms with E-state index in [-0.39, 0.29) is 35.9 Å². The van der Waals surface area contributed by atoms with E-state index in [0.29, 0.717) is 6.61 Å². The van der Waals surface area contributed by atoms with E-state index in [1.54, 1.807) is 0 Å². The molecule has 0 aliphatic carbocycles. The van der Waals surface area contributed by atoms with E-state index < -0.39 is 0 Å². The number of likely N-dealkylation sites (tertiary alicyclic amines) is 1. The predicted octanol–water partition coefficient (Wildman–Crippen LogP) is 2.27. The van der Waals surface area contributed by atoms with Crippen LogP contribution in [-0.2, 0) is 16.1 Å². The molecule has 1 aromatic carbocycles. The first kappa shape index (κ1) is 25.9. The van der Waals surface area contributed by atoms with Gasteiger partial charge in [0.05, 0.1) is 12.5 Å². The SMILES string of the molecule is CCOC(=O)C1CCN(C(=NC)NCCN2CCN(Cc3ccccc3)CC2)CC1.I. The number of nitrogens with zero attached hydrogens (tertiary/aromatic N) is 4. The lowest BCUT2D eigenvalue weighted by molar-refractivity contribution is -0.149. The summed E-state index contributed by atoms with van der Waals surface area (Å²) in [7, 11) is 1.84. The van der Waals surface area contributed by atoms with Gasteiger partial charge in [-0.15, -0.1) is 24.0 Å². The van der Waals surface area contributed by atoms with Crippen molar-refractivity contribution in [1.82, 2.24) is 20.0 Å². The number of piperidine rings is 1. The molecular weight excluding hydrogens is 505 g/mol. The first-order valence-electron chi connectivity index (χ1n) is 11.3. The van der Waals surface area contributed by atoms with E-state index in [9.17, 15) is 4.79 Å². The summed E-state index contributed by atoms with van der Waals surface area (Å²) in [5, 5.41) is 3.51. The molecule has 1 N–H and O–H groups in total. The minimum absolute atomic E-state index is 0. The molecule has 31 heavy (non-hydrogen) atoms. The van der Waals surface area contributed by atoms with Gasteiger partial charge >= 0.3 is 5.97 Å². The van der Waals surface area contributed by atoms with Crippen molar-refractivity contribution in [1.29, 1.82) is 0 Å². The quantitative estimate of drug-likeness (QED) is 0.247. The number of hydrogen-bond donors (Lipinski definition) is 1. The summed E-state index contributed by atoms with van der Waals surface area (Å²) in [6.45, 7) is 11.4. The van der Waals surface area contributed by atoms with Crippen LogP contribution in [-0.4, -0.2) is 92.6 Å². The highest BCUT2D eigenvalue weighted by molar-refractivity contribution is 14.0. The number of halogens is 1. The Morgan fingerprint density at radius 1 is 1.06 bits per heavy atom. The van der Waals surface area contributed by atoms with Crippen LogP contribution in [0, 0.1) is 5.92 Å². The van der Waals surface area contributed by atoms with E-state index in [4.69, 9.17) is 4.74 Å². The van der Waals surface area contributed by atoms with Crippen LogP contribution in [0.25, 0.3) is 0 Å². The van der Waals surface area contributed by atoms with E-state index in [1.807, 2.05) is 14.0 Å². The minimum atomic E-state index is -0.0495. The Kier molecular flexibility index (Phi) is 11.6. The Hall–Kier alpha value is -1.39. The first-order chi connectivity index (χ1) is 14.7. The molecule has 0 bridgehead atoms. The lowest BCUT2D eigenvalue weighted by Gasteiger charge is -2.36. The van der Waals surface area contributed by atoms with Crippen molar-refractivity contribution in [3.05, 3.63) is 35.9 Å². The molecule has 8 heteroatoms. The maximum Gasteiger partial charge on any atom is 0.309 e. The third kappa shape index (κ3) is 8.23. The highest BCUT2D eigenvalue weighted by atomic mass is 127. The van der Waals surface area contributed by atoms with Gasteiger partial charge < -0.3 is 15.0 Å². The summed E-state index contributed by atoms with van der Waals surface area (Å²) in [6, 6.07) is 10.7. The lowest BCUT2D eigenvalue weighted by Crippen LogP contribution is -2.50. The molecule has 0 aromatic heterocycles. The van der Waals surface area contributed by atoms with Crippen molar-refractivity contribution in [3.8, 4) is 0 Å². The van der Waals surface area contributed by atoms with Gasteiger partial charge in [0.25, 0.3) is 0 Å². The van der Waals surface area contributed by atoms with E-state index in [0.717, 1.165) is 77.7 Å². The van der Waals surface area contributed by atoms with Gasteiger partial charge in [-0.25, -0.2) is 0 Å². The van der Waals surface area contributed by atoms with E-state index >= 15 is 0 Å². The summed E-state index contributed by atoms with van der Waals surface area (Å²) in [5.41, 5.74) is 1.39. The molecule has 2 aliphatic heterocycles. The zero-order valence-corrected chi connectivity index (χ0v) is 21.3. The van der Waals surface area contributed by atoms with Crippen molar-refractivity contribution in [2.75, 3.05) is 66.0 Å². The third-order valence-corrected chi connectivity index (χ3v) is 6.05. The molecule has 1 aromatic rings. The highest BCUT2D eigenvalue weighted by Crippen LogP contribution is 2.18. The van der Waals surface area contributed by atoms with Crippen LogP contribution in [0.15, 0.2) is 35.3 Å². The second-order valence-electron chi connectivity index (χ2n) is 8.09. The van der Waals surface area contributed by atoms with Gasteiger partial charge in [0.15, 0.2) is 5.96 Å². The predicted molar refractivity (Wildman–Crippen MR) is 136 cm³/mol. The van der Waals surface area contributed by atoms with Gasteiger partial charge in [-0.2, -0.15) is 0 Å². The molecule has 0 radical (unpaired) electrons. The summed E-state index contributed by atoms with van der Waals surface area (Å²) in [5.74, 6) is 0.929. The number of aliphatic imine (C=N–C) groups is 1. The van der Waals surface area contributed by atoms with E-state index in [2.05, 4.69) is 55.3 Å². The number of benzene rings is 1. The van der Waals surface area contributed by atoms with Crippen LogP contribution in [0.5, 0.6) is 0 Å². The summed E-state index contributed by atoms with van der Waals surface area (Å²) < 4.78 is 5.16. The molecule has 174 valence electrons. The zero-order chi connectivity index (χ0) is 21.2. The number of hydrogen-bond acceptors (Lipinski definition) is 5. The van der Waals surface area contributed by atoms with Crippen LogP contribution < -0.4 is 5.32 Å². The first-order valence-corrected chi connectivity index (χ1v) is 11.3. The molecule has 7 nitrogen and oxygen atoms in total. The molecule has 0 amide bonds. The number of piperazine rings is 1. The Bertz CT molecular complexity index is 672. The fourth-order valence-electron chi connectivity index (χ4n) is 4.26. The average molecular weight is 543 g/mol. The van der Waals surface area contributed by atoms with Gasteiger partial charge in [0.2, 0.25) is 0 Å². The topological polar surface area (TPSA) is 60.4 Å². The van der Waals surface area contributed by atoms with Gasteiger partial charge in [0, 0.05) is 66.0 Å². The monoisotopic (exact) mass is 543 g/mol. The Morgan fingerprint density at radius 2 is 1.71 bits per heavy atom. The van der Waals surface area contributed by atoms with Crippen molar-refractivity contribution in [2.24, 2.45) is 10.9 Å². The van der Waals surface area contributed by atoms with Crippen molar-refractivity contribution in [2.45, 2.75) is 26.3 Å². The maximum absolute atomic E-state index is 11.9. The number of carbonyl (C=O) groups is 1. The molecule has 0 spiro atoms. The lowest BCUT2D eigenvalue weighted by atomic mass is 9.97. The highest BCUT2D eigenvalue weighted by Gasteiger charge is 2.27. The Balaban J connectivity index is 0.00000341. The fraction of sp³-hybridized carbons (Fsp3) is 0.652. The van der Waals surface area contributed by atoms with Crippen molar-refractivity contribution >= 4 is 35.9 Å². The zero-order valence-electron chi connectivity index (χ0n) is 19.0. The summed E-state index contributed by atoms with van der Waals surface area (Å²) >= 11 is 0. The van der Waals surface area contributed by atoms with Crippen LogP contribution in [0.4, 0.5) is 0 Å².